The van der Waals surface area contributed by atoms with Crippen LogP contribution in [0.3, 0.4) is 0 Å². The number of benzene rings is 1. The molecule has 0 saturated heterocycles. The van der Waals surface area contributed by atoms with Crippen LogP contribution in [0.5, 0.6) is 0 Å². The van der Waals surface area contributed by atoms with Crippen molar-refractivity contribution in [3.8, 4) is 11.3 Å². The second-order valence-corrected chi connectivity index (χ2v) is 7.95. The molecule has 2 aromatic heterocycles. The van der Waals surface area contributed by atoms with E-state index < -0.39 is 21.8 Å². The Morgan fingerprint density at radius 3 is 2.45 bits per heavy atom. The maximum atomic E-state index is 12.7. The molecule has 154 valence electrons. The monoisotopic (exact) mass is 425 g/mol. The van der Waals surface area contributed by atoms with Crippen molar-refractivity contribution >= 4 is 21.5 Å². The minimum atomic E-state index is -4.48. The summed E-state index contributed by atoms with van der Waals surface area (Å²) in [6.45, 7) is 1.90. The highest BCUT2D eigenvalue weighted by Gasteiger charge is 2.30. The lowest BCUT2D eigenvalue weighted by molar-refractivity contribution is -0.137. The topological polar surface area (TPSA) is 88.9 Å². The number of pyridine rings is 1. The molecule has 0 spiro atoms. The maximum Gasteiger partial charge on any atom is 0.417 e. The van der Waals surface area contributed by atoms with Crippen molar-refractivity contribution in [3.63, 3.8) is 0 Å². The zero-order valence-electron chi connectivity index (χ0n) is 15.5. The molecule has 29 heavy (non-hydrogen) atoms. The number of nitrogens with zero attached hydrogens (tertiary/aromatic N) is 3. The lowest BCUT2D eigenvalue weighted by Gasteiger charge is -2.13. The van der Waals surface area contributed by atoms with Gasteiger partial charge in [0.05, 0.1) is 22.5 Å². The van der Waals surface area contributed by atoms with Gasteiger partial charge >= 0.3 is 6.18 Å². The lowest BCUT2D eigenvalue weighted by Crippen LogP contribution is -2.23. The molecule has 0 bridgehead atoms. The first-order valence-corrected chi connectivity index (χ1v) is 10.0. The van der Waals surface area contributed by atoms with Gasteiger partial charge in [0.1, 0.15) is 5.82 Å². The molecule has 0 fully saturated rings. The summed E-state index contributed by atoms with van der Waals surface area (Å²) in [5.41, 5.74) is 0.549. The van der Waals surface area contributed by atoms with Crippen LogP contribution < -0.4 is 10.0 Å². The van der Waals surface area contributed by atoms with E-state index in [1.165, 1.54) is 24.3 Å². The van der Waals surface area contributed by atoms with Crippen molar-refractivity contribution in [2.75, 3.05) is 11.9 Å². The van der Waals surface area contributed by atoms with Crippen LogP contribution in [0.2, 0.25) is 0 Å². The first-order valence-electron chi connectivity index (χ1n) is 8.52. The third kappa shape index (κ3) is 4.74. The van der Waals surface area contributed by atoms with Crippen molar-refractivity contribution in [1.82, 2.24) is 19.3 Å². The van der Waals surface area contributed by atoms with E-state index in [2.05, 4.69) is 20.0 Å². The van der Waals surface area contributed by atoms with E-state index >= 15 is 0 Å². The number of imidazole rings is 1. The van der Waals surface area contributed by atoms with Crippen molar-refractivity contribution in [2.24, 2.45) is 7.05 Å². The number of sulfonamides is 1. The molecule has 11 heteroatoms. The van der Waals surface area contributed by atoms with E-state index in [-0.39, 0.29) is 17.3 Å². The molecule has 2 heterocycles. The van der Waals surface area contributed by atoms with Crippen molar-refractivity contribution in [2.45, 2.75) is 18.0 Å². The Morgan fingerprint density at radius 1 is 1.14 bits per heavy atom. The van der Waals surface area contributed by atoms with Crippen LogP contribution in [0, 0.1) is 0 Å². The Morgan fingerprint density at radius 2 is 1.90 bits per heavy atom. The van der Waals surface area contributed by atoms with Crippen LogP contribution in [0.15, 0.2) is 53.9 Å². The lowest BCUT2D eigenvalue weighted by atomic mass is 10.1. The first-order chi connectivity index (χ1) is 13.6. The van der Waals surface area contributed by atoms with Gasteiger partial charge in [0.2, 0.25) is 10.0 Å². The van der Waals surface area contributed by atoms with Crippen molar-refractivity contribution in [1.29, 1.82) is 0 Å². The van der Waals surface area contributed by atoms with Gasteiger partial charge in [-0.3, -0.25) is 0 Å². The standard InChI is InChI=1S/C18H18F3N5O2S/c1-3-24-29(27,28)13-5-6-15(14(8-13)16-10-26(2)11-23-16)25-17-7-4-12(9-22-17)18(19,20)21/h4-11,24H,3H2,1-2H3,(H,22,25). The largest absolute Gasteiger partial charge is 0.417 e. The fraction of sp³-hybridized carbons (Fsp3) is 0.222. The van der Waals surface area contributed by atoms with Crippen molar-refractivity contribution in [3.05, 3.63) is 54.6 Å². The highest BCUT2D eigenvalue weighted by Crippen LogP contribution is 2.33. The number of nitrogens with one attached hydrogen (secondary N) is 2. The highest BCUT2D eigenvalue weighted by molar-refractivity contribution is 7.89. The van der Waals surface area contributed by atoms with Gasteiger partial charge in [0.15, 0.2) is 0 Å². The molecular weight excluding hydrogens is 407 g/mol. The SMILES string of the molecule is CCNS(=O)(=O)c1ccc(Nc2ccc(C(F)(F)F)cn2)c(-c2cn(C)cn2)c1. The molecule has 1 aromatic carbocycles. The average molecular weight is 425 g/mol. The normalized spacial score (nSPS) is 12.2. The Kier molecular flexibility index (Phi) is 5.62. The molecule has 0 aliphatic rings. The quantitative estimate of drug-likeness (QED) is 0.631. The van der Waals surface area contributed by atoms with Gasteiger partial charge in [-0.15, -0.1) is 0 Å². The van der Waals surface area contributed by atoms with Crippen LogP contribution in [-0.4, -0.2) is 29.5 Å². The van der Waals surface area contributed by atoms with E-state index in [0.29, 0.717) is 16.9 Å². The molecule has 0 atom stereocenters. The fourth-order valence-electron chi connectivity index (χ4n) is 2.61. The maximum absolute atomic E-state index is 12.7. The minimum absolute atomic E-state index is 0.0472. The van der Waals surface area contributed by atoms with E-state index in [0.717, 1.165) is 12.3 Å². The molecular formula is C18H18F3N5O2S. The van der Waals surface area contributed by atoms with Gasteiger partial charge in [0.25, 0.3) is 0 Å². The fourth-order valence-corrected chi connectivity index (χ4v) is 3.68. The molecule has 0 amide bonds. The summed E-state index contributed by atoms with van der Waals surface area (Å²) in [6.07, 6.45) is -0.495. The summed E-state index contributed by atoms with van der Waals surface area (Å²) >= 11 is 0. The predicted molar refractivity (Wildman–Crippen MR) is 102 cm³/mol. The minimum Gasteiger partial charge on any atom is -0.340 e. The number of aromatic nitrogens is 3. The summed E-state index contributed by atoms with van der Waals surface area (Å²) in [5.74, 6) is 0.178. The number of hydrogen-bond acceptors (Lipinski definition) is 5. The summed E-state index contributed by atoms with van der Waals surface area (Å²) in [5, 5.41) is 2.93. The zero-order valence-corrected chi connectivity index (χ0v) is 16.3. The highest BCUT2D eigenvalue weighted by atomic mass is 32.2. The van der Waals surface area contributed by atoms with Gasteiger partial charge in [-0.1, -0.05) is 6.92 Å². The molecule has 2 N–H and O–H groups in total. The second-order valence-electron chi connectivity index (χ2n) is 6.19. The number of aryl methyl sites for hydroxylation is 1. The molecule has 7 nitrogen and oxygen atoms in total. The van der Waals surface area contributed by atoms with Gasteiger partial charge in [-0.05, 0) is 30.3 Å². The van der Waals surface area contributed by atoms with E-state index in [1.54, 1.807) is 31.1 Å². The van der Waals surface area contributed by atoms with Crippen LogP contribution in [0.4, 0.5) is 24.7 Å². The Balaban J connectivity index is 2.02. The van der Waals surface area contributed by atoms with Crippen molar-refractivity contribution < 1.29 is 21.6 Å². The van der Waals surface area contributed by atoms with Crippen LogP contribution in [0.25, 0.3) is 11.3 Å². The molecule has 0 saturated carbocycles. The van der Waals surface area contributed by atoms with Crippen LogP contribution >= 0.6 is 0 Å². The molecule has 3 aromatic rings. The molecule has 0 aliphatic heterocycles. The van der Waals surface area contributed by atoms with E-state index in [4.69, 9.17) is 0 Å². The predicted octanol–water partition coefficient (Wildman–Crippen LogP) is 3.54. The molecule has 3 rings (SSSR count). The number of alkyl halides is 3. The first kappa shape index (κ1) is 20.8. The number of hydrogen-bond donors (Lipinski definition) is 2. The number of anilines is 2. The summed E-state index contributed by atoms with van der Waals surface area (Å²) in [7, 11) is -1.93. The molecule has 0 unspecified atom stereocenters. The third-order valence-corrected chi connectivity index (χ3v) is 5.51. The molecule has 0 aliphatic carbocycles. The smallest absolute Gasteiger partial charge is 0.340 e. The third-order valence-electron chi connectivity index (χ3n) is 3.97. The van der Waals surface area contributed by atoms with Crippen LogP contribution in [-0.2, 0) is 23.2 Å². The second kappa shape index (κ2) is 7.84. The average Bonchev–Trinajstić information content (AvgIpc) is 3.08. The number of halogens is 3. The Bertz CT molecular complexity index is 1110. The summed E-state index contributed by atoms with van der Waals surface area (Å²) < 4.78 is 67.0. The van der Waals surface area contributed by atoms with Gasteiger partial charge in [0, 0.05) is 37.2 Å². The van der Waals surface area contributed by atoms with Gasteiger partial charge in [-0.2, -0.15) is 13.2 Å². The zero-order chi connectivity index (χ0) is 21.2. The van der Waals surface area contributed by atoms with Gasteiger partial charge < -0.3 is 9.88 Å². The van der Waals surface area contributed by atoms with Crippen LogP contribution in [0.1, 0.15) is 12.5 Å². The van der Waals surface area contributed by atoms with E-state index in [1.807, 2.05) is 0 Å². The van der Waals surface area contributed by atoms with Gasteiger partial charge in [-0.25, -0.2) is 23.1 Å². The number of rotatable bonds is 6. The Labute approximate surface area is 165 Å². The molecule has 0 radical (unpaired) electrons. The van der Waals surface area contributed by atoms with E-state index in [9.17, 15) is 21.6 Å². The Hall–Kier alpha value is -2.92. The summed E-state index contributed by atoms with van der Waals surface area (Å²) in [4.78, 5) is 8.08. The summed E-state index contributed by atoms with van der Waals surface area (Å²) in [6, 6.07) is 6.49.